The smallest absolute Gasteiger partial charge is 0.171 e. The molecule has 0 amide bonds. The van der Waals surface area contributed by atoms with Gasteiger partial charge in [-0.15, -0.1) is 0 Å². The van der Waals surface area contributed by atoms with Gasteiger partial charge in [0.05, 0.1) is 12.3 Å². The van der Waals surface area contributed by atoms with Crippen molar-refractivity contribution in [2.45, 2.75) is 6.42 Å². The van der Waals surface area contributed by atoms with E-state index < -0.39 is 0 Å². The number of hydrogen-bond donors (Lipinski definition) is 2. The van der Waals surface area contributed by atoms with E-state index in [1.807, 2.05) is 30.3 Å². The first-order valence-corrected chi connectivity index (χ1v) is 6.73. The van der Waals surface area contributed by atoms with E-state index in [2.05, 4.69) is 15.0 Å². The van der Waals surface area contributed by atoms with Gasteiger partial charge in [0, 0.05) is 18.3 Å². The summed E-state index contributed by atoms with van der Waals surface area (Å²) < 4.78 is 5.74. The third-order valence-corrected chi connectivity index (χ3v) is 3.37. The predicted molar refractivity (Wildman–Crippen MR) is 80.3 cm³/mol. The largest absolute Gasteiger partial charge is 0.491 e. The van der Waals surface area contributed by atoms with Gasteiger partial charge >= 0.3 is 0 Å². The first kappa shape index (κ1) is 13.2. The maximum Gasteiger partial charge on any atom is 0.171 e. The number of oxime groups is 1. The summed E-state index contributed by atoms with van der Waals surface area (Å²) in [5, 5.41) is 11.7. The number of fused-ring (bicyclic) bond motifs is 1. The fraction of sp³-hybridized carbons (Fsp3) is 0.200. The second-order valence-electron chi connectivity index (χ2n) is 4.71. The SMILES string of the molecule is N/C(=N/O)c1ccc(N2CCCOc3ccccc32)nc1. The summed E-state index contributed by atoms with van der Waals surface area (Å²) in [6, 6.07) is 11.5. The molecule has 3 rings (SSSR count). The van der Waals surface area contributed by atoms with Gasteiger partial charge in [0.1, 0.15) is 11.6 Å². The van der Waals surface area contributed by atoms with E-state index in [0.717, 1.165) is 30.2 Å². The zero-order chi connectivity index (χ0) is 14.7. The molecular formula is C15H16N4O2. The average Bonchev–Trinajstić information content (AvgIpc) is 2.77. The minimum Gasteiger partial charge on any atom is -0.491 e. The van der Waals surface area contributed by atoms with Gasteiger partial charge in [-0.25, -0.2) is 4.98 Å². The van der Waals surface area contributed by atoms with Crippen LogP contribution in [0.4, 0.5) is 11.5 Å². The summed E-state index contributed by atoms with van der Waals surface area (Å²) >= 11 is 0. The van der Waals surface area contributed by atoms with Crippen LogP contribution in [-0.4, -0.2) is 29.2 Å². The molecule has 2 heterocycles. The summed E-state index contributed by atoms with van der Waals surface area (Å²) in [5.74, 6) is 1.72. The van der Waals surface area contributed by atoms with Gasteiger partial charge in [-0.3, -0.25) is 0 Å². The van der Waals surface area contributed by atoms with Crippen molar-refractivity contribution >= 4 is 17.3 Å². The van der Waals surface area contributed by atoms with Gasteiger partial charge in [0.15, 0.2) is 5.84 Å². The molecule has 0 spiro atoms. The number of para-hydroxylation sites is 2. The summed E-state index contributed by atoms with van der Waals surface area (Å²) in [6.45, 7) is 1.52. The number of benzene rings is 1. The van der Waals surface area contributed by atoms with Crippen LogP contribution in [0.3, 0.4) is 0 Å². The standard InChI is InChI=1S/C15H16N4O2/c16-15(18-20)11-6-7-14(17-10-11)19-8-3-9-21-13-5-2-1-4-12(13)19/h1-2,4-7,10,20H,3,8-9H2,(H2,16,18). The Morgan fingerprint density at radius 1 is 1.29 bits per heavy atom. The van der Waals surface area contributed by atoms with E-state index >= 15 is 0 Å². The quantitative estimate of drug-likeness (QED) is 0.382. The van der Waals surface area contributed by atoms with Gasteiger partial charge in [-0.1, -0.05) is 17.3 Å². The van der Waals surface area contributed by atoms with Crippen LogP contribution >= 0.6 is 0 Å². The number of nitrogens with two attached hydrogens (primary N) is 1. The van der Waals surface area contributed by atoms with Crippen molar-refractivity contribution in [1.82, 2.24) is 4.98 Å². The molecule has 6 nitrogen and oxygen atoms in total. The Hall–Kier alpha value is -2.76. The molecule has 0 fully saturated rings. The molecule has 0 radical (unpaired) electrons. The molecule has 0 unspecified atom stereocenters. The monoisotopic (exact) mass is 284 g/mol. The Labute approximate surface area is 122 Å². The Bertz CT molecular complexity index is 655. The van der Waals surface area contributed by atoms with E-state index in [9.17, 15) is 0 Å². The highest BCUT2D eigenvalue weighted by atomic mass is 16.5. The zero-order valence-electron chi connectivity index (χ0n) is 11.4. The van der Waals surface area contributed by atoms with Crippen LogP contribution in [0.5, 0.6) is 5.75 Å². The van der Waals surface area contributed by atoms with Crippen molar-refractivity contribution in [3.63, 3.8) is 0 Å². The Kier molecular flexibility index (Phi) is 3.59. The summed E-state index contributed by atoms with van der Waals surface area (Å²) in [7, 11) is 0. The third kappa shape index (κ3) is 2.60. The topological polar surface area (TPSA) is 84.0 Å². The zero-order valence-corrected chi connectivity index (χ0v) is 11.4. The molecule has 6 heteroatoms. The minimum atomic E-state index is 0.0497. The lowest BCUT2D eigenvalue weighted by Gasteiger charge is -2.22. The molecular weight excluding hydrogens is 268 g/mol. The number of ether oxygens (including phenoxy) is 1. The second kappa shape index (κ2) is 5.70. The van der Waals surface area contributed by atoms with E-state index in [1.54, 1.807) is 12.3 Å². The number of pyridine rings is 1. The summed E-state index contributed by atoms with van der Waals surface area (Å²) in [6.07, 6.45) is 2.51. The van der Waals surface area contributed by atoms with Crippen molar-refractivity contribution < 1.29 is 9.94 Å². The lowest BCUT2D eigenvalue weighted by molar-refractivity contribution is 0.318. The van der Waals surface area contributed by atoms with E-state index in [4.69, 9.17) is 15.7 Å². The van der Waals surface area contributed by atoms with E-state index in [0.29, 0.717) is 12.2 Å². The molecule has 0 aliphatic carbocycles. The Morgan fingerprint density at radius 2 is 2.14 bits per heavy atom. The average molecular weight is 284 g/mol. The van der Waals surface area contributed by atoms with Gasteiger partial charge < -0.3 is 20.6 Å². The highest BCUT2D eigenvalue weighted by Gasteiger charge is 2.18. The highest BCUT2D eigenvalue weighted by molar-refractivity contribution is 5.96. The number of amidine groups is 1. The molecule has 1 aliphatic heterocycles. The van der Waals surface area contributed by atoms with Gasteiger partial charge in [-0.2, -0.15) is 0 Å². The Morgan fingerprint density at radius 3 is 2.90 bits per heavy atom. The van der Waals surface area contributed by atoms with Crippen LogP contribution in [0.25, 0.3) is 0 Å². The lowest BCUT2D eigenvalue weighted by Crippen LogP contribution is -2.19. The maximum atomic E-state index is 8.68. The molecule has 1 aromatic carbocycles. The lowest BCUT2D eigenvalue weighted by atomic mass is 10.2. The van der Waals surface area contributed by atoms with Gasteiger partial charge in [-0.05, 0) is 30.7 Å². The maximum absolute atomic E-state index is 8.68. The van der Waals surface area contributed by atoms with Crippen LogP contribution in [0, 0.1) is 0 Å². The predicted octanol–water partition coefficient (Wildman–Crippen LogP) is 2.10. The molecule has 3 N–H and O–H groups in total. The molecule has 0 saturated carbocycles. The van der Waals surface area contributed by atoms with Crippen LogP contribution in [0.2, 0.25) is 0 Å². The third-order valence-electron chi connectivity index (χ3n) is 3.37. The molecule has 0 bridgehead atoms. The highest BCUT2D eigenvalue weighted by Crippen LogP contribution is 2.34. The van der Waals surface area contributed by atoms with Gasteiger partial charge in [0.25, 0.3) is 0 Å². The molecule has 1 aromatic heterocycles. The number of aromatic nitrogens is 1. The number of hydrogen-bond acceptors (Lipinski definition) is 5. The second-order valence-corrected chi connectivity index (χ2v) is 4.71. The molecule has 21 heavy (non-hydrogen) atoms. The molecule has 108 valence electrons. The van der Waals surface area contributed by atoms with Crippen molar-refractivity contribution in [2.24, 2.45) is 10.9 Å². The molecule has 2 aromatic rings. The van der Waals surface area contributed by atoms with E-state index in [1.165, 1.54) is 0 Å². The Balaban J connectivity index is 1.96. The molecule has 0 saturated heterocycles. The van der Waals surface area contributed by atoms with Crippen molar-refractivity contribution in [1.29, 1.82) is 0 Å². The first-order chi connectivity index (χ1) is 10.3. The van der Waals surface area contributed by atoms with Crippen LogP contribution < -0.4 is 15.4 Å². The van der Waals surface area contributed by atoms with Gasteiger partial charge in [0.2, 0.25) is 0 Å². The van der Waals surface area contributed by atoms with Crippen LogP contribution in [0.1, 0.15) is 12.0 Å². The minimum absolute atomic E-state index is 0.0497. The van der Waals surface area contributed by atoms with Crippen molar-refractivity contribution in [3.8, 4) is 5.75 Å². The summed E-state index contributed by atoms with van der Waals surface area (Å²) in [4.78, 5) is 6.52. The van der Waals surface area contributed by atoms with Crippen LogP contribution in [-0.2, 0) is 0 Å². The molecule has 1 aliphatic rings. The fourth-order valence-electron chi connectivity index (χ4n) is 2.32. The van der Waals surface area contributed by atoms with Crippen LogP contribution in [0.15, 0.2) is 47.8 Å². The number of anilines is 2. The fourth-order valence-corrected chi connectivity index (χ4v) is 2.32. The number of rotatable bonds is 2. The van der Waals surface area contributed by atoms with E-state index in [-0.39, 0.29) is 5.84 Å². The van der Waals surface area contributed by atoms with Crippen molar-refractivity contribution in [2.75, 3.05) is 18.1 Å². The van der Waals surface area contributed by atoms with Crippen molar-refractivity contribution in [3.05, 3.63) is 48.2 Å². The normalized spacial score (nSPS) is 15.0. The summed E-state index contributed by atoms with van der Waals surface area (Å²) in [5.41, 5.74) is 7.13. The number of nitrogens with zero attached hydrogens (tertiary/aromatic N) is 3. The first-order valence-electron chi connectivity index (χ1n) is 6.73. The molecule has 0 atom stereocenters.